The Labute approximate surface area is 182 Å². The molecule has 2 atom stereocenters. The second-order valence-corrected chi connectivity index (χ2v) is 9.51. The van der Waals surface area contributed by atoms with Crippen LogP contribution in [0.2, 0.25) is 0 Å². The standard InChI is InChI=1S/C27H29NO3/c1-31-27(30)25-21-14-28-22(23-18(15-29)10-6-12-20(23)24(21)25)13-17-9-5-11-19(26(17)28)16-7-3-2-4-8-16/h5-6,9,11-13,16,18,23,29H,2-4,7-8,10,14-15H2,1H3/t18-,23?/m0/s1. The Morgan fingerprint density at radius 2 is 2.06 bits per heavy atom. The number of aliphatic hydroxyl groups excluding tert-OH is 1. The minimum atomic E-state index is -0.233. The summed E-state index contributed by atoms with van der Waals surface area (Å²) in [4.78, 5) is 12.5. The summed E-state index contributed by atoms with van der Waals surface area (Å²) in [6.45, 7) is 0.861. The molecule has 0 bridgehead atoms. The van der Waals surface area contributed by atoms with Gasteiger partial charge in [0.25, 0.3) is 0 Å². The highest BCUT2D eigenvalue weighted by Crippen LogP contribution is 2.54. The second kappa shape index (κ2) is 7.23. The van der Waals surface area contributed by atoms with E-state index in [9.17, 15) is 9.90 Å². The summed E-state index contributed by atoms with van der Waals surface area (Å²) in [5, 5.41) is 11.5. The van der Waals surface area contributed by atoms with Crippen LogP contribution >= 0.6 is 0 Å². The van der Waals surface area contributed by atoms with Crippen LogP contribution in [0.15, 0.2) is 58.7 Å². The second-order valence-electron chi connectivity index (χ2n) is 9.51. The molecule has 1 fully saturated rings. The van der Waals surface area contributed by atoms with Crippen LogP contribution < -0.4 is 0 Å². The summed E-state index contributed by atoms with van der Waals surface area (Å²) < 4.78 is 7.56. The van der Waals surface area contributed by atoms with Gasteiger partial charge in [0, 0.05) is 30.1 Å². The van der Waals surface area contributed by atoms with E-state index >= 15 is 0 Å². The molecule has 4 heteroatoms. The van der Waals surface area contributed by atoms with Gasteiger partial charge in [0.2, 0.25) is 0 Å². The van der Waals surface area contributed by atoms with Gasteiger partial charge in [0.15, 0.2) is 0 Å². The largest absolute Gasteiger partial charge is 0.465 e. The number of aliphatic hydroxyl groups is 1. The van der Waals surface area contributed by atoms with Gasteiger partial charge >= 0.3 is 5.97 Å². The van der Waals surface area contributed by atoms with Gasteiger partial charge in [-0.2, -0.15) is 0 Å². The maximum atomic E-state index is 12.5. The Morgan fingerprint density at radius 3 is 2.84 bits per heavy atom. The van der Waals surface area contributed by atoms with Crippen molar-refractivity contribution in [2.24, 2.45) is 5.92 Å². The first kappa shape index (κ1) is 19.1. The highest BCUT2D eigenvalue weighted by atomic mass is 16.5. The van der Waals surface area contributed by atoms with Gasteiger partial charge in [-0.25, -0.2) is 4.79 Å². The number of benzene rings is 1. The predicted molar refractivity (Wildman–Crippen MR) is 121 cm³/mol. The number of ether oxygens (including phenoxy) is 1. The van der Waals surface area contributed by atoms with Crippen molar-refractivity contribution in [2.75, 3.05) is 13.7 Å². The number of nitrogens with zero attached hydrogens (tertiary/aromatic N) is 1. The Balaban J connectivity index is 1.58. The number of fused-ring (bicyclic) bond motifs is 6. The van der Waals surface area contributed by atoms with E-state index in [0.717, 1.165) is 23.1 Å². The first-order valence-electron chi connectivity index (χ1n) is 11.7. The minimum Gasteiger partial charge on any atom is -0.465 e. The molecular weight excluding hydrogens is 386 g/mol. The molecule has 1 unspecified atom stereocenters. The lowest BCUT2D eigenvalue weighted by Crippen LogP contribution is -2.23. The SMILES string of the molecule is COC(=O)C1=C2Cn3c(cc4cccc(C5CCCCC5)c43)C3C(=C21)C=CC[C@H]3CO. The third-order valence-electron chi connectivity index (χ3n) is 7.91. The van der Waals surface area contributed by atoms with Gasteiger partial charge in [-0.1, -0.05) is 49.6 Å². The Hall–Kier alpha value is -2.59. The zero-order valence-corrected chi connectivity index (χ0v) is 18.1. The van der Waals surface area contributed by atoms with Crippen LogP contribution in [0.3, 0.4) is 0 Å². The molecule has 4 aliphatic rings. The smallest absolute Gasteiger partial charge is 0.338 e. The van der Waals surface area contributed by atoms with Gasteiger partial charge < -0.3 is 14.4 Å². The molecule has 0 radical (unpaired) electrons. The molecule has 1 aromatic heterocycles. The zero-order valence-electron chi connectivity index (χ0n) is 18.1. The number of esters is 1. The Morgan fingerprint density at radius 1 is 1.23 bits per heavy atom. The number of hydrogen-bond donors (Lipinski definition) is 1. The Bertz CT molecular complexity index is 1170. The number of aromatic nitrogens is 1. The maximum absolute atomic E-state index is 12.5. The van der Waals surface area contributed by atoms with E-state index in [4.69, 9.17) is 4.74 Å². The van der Waals surface area contributed by atoms with Gasteiger partial charge in [-0.05, 0) is 59.4 Å². The van der Waals surface area contributed by atoms with Crippen LogP contribution in [0.4, 0.5) is 0 Å². The highest BCUT2D eigenvalue weighted by Gasteiger charge is 2.45. The van der Waals surface area contributed by atoms with E-state index in [1.165, 1.54) is 66.9 Å². The summed E-state index contributed by atoms with van der Waals surface area (Å²) in [6, 6.07) is 9.09. The minimum absolute atomic E-state index is 0.108. The average molecular weight is 416 g/mol. The average Bonchev–Trinajstić information content (AvgIpc) is 3.45. The van der Waals surface area contributed by atoms with E-state index in [-0.39, 0.29) is 24.4 Å². The van der Waals surface area contributed by atoms with E-state index in [1.807, 2.05) is 0 Å². The van der Waals surface area contributed by atoms with Crippen LogP contribution in [0.1, 0.15) is 61.6 Å². The van der Waals surface area contributed by atoms with Crippen molar-refractivity contribution >= 4 is 16.9 Å². The third kappa shape index (κ3) is 2.81. The number of carbonyl (C=O) groups is 1. The molecule has 4 nitrogen and oxygen atoms in total. The molecule has 31 heavy (non-hydrogen) atoms. The molecule has 3 aliphatic carbocycles. The lowest BCUT2D eigenvalue weighted by molar-refractivity contribution is -0.135. The van der Waals surface area contributed by atoms with Crippen LogP contribution in [0, 0.1) is 5.92 Å². The molecule has 2 heterocycles. The predicted octanol–water partition coefficient (Wildman–Crippen LogP) is 5.13. The van der Waals surface area contributed by atoms with Crippen LogP contribution in [0.5, 0.6) is 0 Å². The van der Waals surface area contributed by atoms with E-state index in [0.29, 0.717) is 12.5 Å². The normalized spacial score (nSPS) is 25.2. The third-order valence-corrected chi connectivity index (χ3v) is 7.91. The van der Waals surface area contributed by atoms with Crippen molar-refractivity contribution in [1.82, 2.24) is 4.57 Å². The fraction of sp³-hybridized carbons (Fsp3) is 0.444. The molecule has 160 valence electrons. The summed E-state index contributed by atoms with van der Waals surface area (Å²) >= 11 is 0. The molecule has 1 aromatic carbocycles. The summed E-state index contributed by atoms with van der Waals surface area (Å²) in [6.07, 6.45) is 11.7. The fourth-order valence-corrected chi connectivity index (χ4v) is 6.42. The van der Waals surface area contributed by atoms with Crippen molar-refractivity contribution in [3.63, 3.8) is 0 Å². The molecule has 0 saturated heterocycles. The molecule has 1 aliphatic heterocycles. The molecule has 6 rings (SSSR count). The van der Waals surface area contributed by atoms with Crippen molar-refractivity contribution < 1.29 is 14.6 Å². The number of rotatable bonds is 3. The van der Waals surface area contributed by atoms with Gasteiger partial charge in [-0.3, -0.25) is 0 Å². The van der Waals surface area contributed by atoms with Crippen LogP contribution in [-0.2, 0) is 16.1 Å². The highest BCUT2D eigenvalue weighted by molar-refractivity contribution is 6.06. The fourth-order valence-electron chi connectivity index (χ4n) is 6.42. The summed E-state index contributed by atoms with van der Waals surface area (Å²) in [5.41, 5.74) is 8.21. The van der Waals surface area contributed by atoms with Crippen molar-refractivity contribution in [1.29, 1.82) is 0 Å². The van der Waals surface area contributed by atoms with Crippen molar-refractivity contribution in [3.05, 3.63) is 70.0 Å². The topological polar surface area (TPSA) is 51.5 Å². The number of carbonyl (C=O) groups excluding carboxylic acids is 1. The lowest BCUT2D eigenvalue weighted by Gasteiger charge is -2.30. The number of hydrogen-bond acceptors (Lipinski definition) is 3. The first-order chi connectivity index (χ1) is 15.2. The molecule has 2 aromatic rings. The van der Waals surface area contributed by atoms with Gasteiger partial charge in [0.1, 0.15) is 0 Å². The quantitative estimate of drug-likeness (QED) is 0.707. The van der Waals surface area contributed by atoms with Crippen molar-refractivity contribution in [3.8, 4) is 0 Å². The number of allylic oxidation sites excluding steroid dienone is 4. The zero-order chi connectivity index (χ0) is 21.1. The molecular formula is C27H29NO3. The Kier molecular flexibility index (Phi) is 4.46. The summed E-state index contributed by atoms with van der Waals surface area (Å²) in [5.74, 6) is 0.617. The van der Waals surface area contributed by atoms with Crippen LogP contribution in [0.25, 0.3) is 10.9 Å². The first-order valence-corrected chi connectivity index (χ1v) is 11.7. The van der Waals surface area contributed by atoms with Gasteiger partial charge in [0.05, 0.1) is 18.2 Å². The summed E-state index contributed by atoms with van der Waals surface area (Å²) in [7, 11) is 1.46. The van der Waals surface area contributed by atoms with Crippen LogP contribution in [-0.4, -0.2) is 29.4 Å². The molecule has 0 spiro atoms. The lowest BCUT2D eigenvalue weighted by atomic mass is 9.77. The molecule has 0 amide bonds. The van der Waals surface area contributed by atoms with Gasteiger partial charge in [-0.15, -0.1) is 0 Å². The number of para-hydroxylation sites is 1. The van der Waals surface area contributed by atoms with E-state index in [1.54, 1.807) is 0 Å². The van der Waals surface area contributed by atoms with E-state index < -0.39 is 0 Å². The molecule has 1 saturated carbocycles. The molecule has 1 N–H and O–H groups in total. The van der Waals surface area contributed by atoms with E-state index in [2.05, 4.69) is 41.0 Å². The maximum Gasteiger partial charge on any atom is 0.338 e. The number of methoxy groups -OCH3 is 1. The monoisotopic (exact) mass is 415 g/mol. The van der Waals surface area contributed by atoms with Crippen molar-refractivity contribution in [2.45, 2.75) is 56.9 Å².